The van der Waals surface area contributed by atoms with E-state index in [1.807, 2.05) is 18.7 Å². The van der Waals surface area contributed by atoms with Crippen molar-refractivity contribution in [2.24, 2.45) is 7.05 Å². The van der Waals surface area contributed by atoms with Gasteiger partial charge in [-0.25, -0.2) is 0 Å². The summed E-state index contributed by atoms with van der Waals surface area (Å²) < 4.78 is 1.87. The Kier molecular flexibility index (Phi) is 3.33. The third-order valence-corrected chi connectivity index (χ3v) is 4.36. The molecule has 0 bridgehead atoms. The van der Waals surface area contributed by atoms with Crippen LogP contribution in [-0.4, -0.2) is 15.8 Å². The summed E-state index contributed by atoms with van der Waals surface area (Å²) in [6.45, 7) is 2.71. The smallest absolute Gasteiger partial charge is 0.0860 e. The van der Waals surface area contributed by atoms with Crippen molar-refractivity contribution >= 4 is 11.6 Å². The van der Waals surface area contributed by atoms with Crippen LogP contribution in [0.5, 0.6) is 0 Å². The number of nitrogens with zero attached hydrogens (tertiary/aromatic N) is 2. The van der Waals surface area contributed by atoms with E-state index in [1.165, 1.54) is 11.1 Å². The zero-order valence-electron chi connectivity index (χ0n) is 11.3. The summed E-state index contributed by atoms with van der Waals surface area (Å²) in [6, 6.07) is 9.17. The number of rotatable bonds is 3. The van der Waals surface area contributed by atoms with Gasteiger partial charge in [0.1, 0.15) is 0 Å². The molecule has 4 heteroatoms. The van der Waals surface area contributed by atoms with E-state index < -0.39 is 0 Å². The topological polar surface area (TPSA) is 29.9 Å². The van der Waals surface area contributed by atoms with Crippen LogP contribution < -0.4 is 5.32 Å². The summed E-state index contributed by atoms with van der Waals surface area (Å²) in [5, 5.41) is 8.72. The fourth-order valence-electron chi connectivity index (χ4n) is 2.82. The van der Waals surface area contributed by atoms with Crippen LogP contribution in [0.3, 0.4) is 0 Å². The molecule has 19 heavy (non-hydrogen) atoms. The first-order chi connectivity index (χ1) is 9.15. The minimum Gasteiger partial charge on any atom is -0.308 e. The maximum absolute atomic E-state index is 6.27. The highest BCUT2D eigenvalue weighted by molar-refractivity contribution is 6.31. The number of aromatic nitrogens is 2. The van der Waals surface area contributed by atoms with Gasteiger partial charge in [0, 0.05) is 19.6 Å². The predicted molar refractivity (Wildman–Crippen MR) is 77.4 cm³/mol. The van der Waals surface area contributed by atoms with Crippen molar-refractivity contribution in [3.63, 3.8) is 0 Å². The van der Waals surface area contributed by atoms with Gasteiger partial charge in [0.05, 0.1) is 16.4 Å². The first kappa shape index (κ1) is 12.7. The van der Waals surface area contributed by atoms with Crippen LogP contribution in [0.2, 0.25) is 5.02 Å². The van der Waals surface area contributed by atoms with Crippen LogP contribution >= 0.6 is 11.6 Å². The number of fused-ring (bicyclic) bond motifs is 1. The van der Waals surface area contributed by atoms with E-state index in [0.29, 0.717) is 6.04 Å². The summed E-state index contributed by atoms with van der Waals surface area (Å²) in [6.07, 6.45) is 2.20. The lowest BCUT2D eigenvalue weighted by molar-refractivity contribution is 0.515. The Labute approximate surface area is 118 Å². The molecule has 0 aliphatic heterocycles. The first-order valence-corrected chi connectivity index (χ1v) is 7.01. The van der Waals surface area contributed by atoms with Gasteiger partial charge in [0.25, 0.3) is 0 Å². The second-order valence-electron chi connectivity index (χ2n) is 5.22. The van der Waals surface area contributed by atoms with Crippen molar-refractivity contribution < 1.29 is 0 Å². The van der Waals surface area contributed by atoms with E-state index in [2.05, 4.69) is 34.7 Å². The Morgan fingerprint density at radius 3 is 2.47 bits per heavy atom. The molecule has 1 aromatic carbocycles. The molecule has 0 fully saturated rings. The number of hydrogen-bond acceptors (Lipinski definition) is 2. The normalized spacial score (nSPS) is 14.9. The molecule has 0 amide bonds. The highest BCUT2D eigenvalue weighted by atomic mass is 35.5. The van der Waals surface area contributed by atoms with Crippen molar-refractivity contribution in [2.75, 3.05) is 0 Å². The third-order valence-electron chi connectivity index (χ3n) is 3.87. The molecule has 0 atom stereocenters. The van der Waals surface area contributed by atoms with E-state index in [9.17, 15) is 0 Å². The van der Waals surface area contributed by atoms with Crippen molar-refractivity contribution in [1.82, 2.24) is 15.1 Å². The Hall–Kier alpha value is -1.32. The molecule has 3 nitrogen and oxygen atoms in total. The number of hydrogen-bond donors (Lipinski definition) is 1. The second-order valence-corrected chi connectivity index (χ2v) is 5.60. The van der Waals surface area contributed by atoms with E-state index in [4.69, 9.17) is 11.6 Å². The van der Waals surface area contributed by atoms with Gasteiger partial charge in [-0.15, -0.1) is 0 Å². The van der Waals surface area contributed by atoms with Crippen molar-refractivity contribution in [3.05, 3.63) is 51.8 Å². The summed E-state index contributed by atoms with van der Waals surface area (Å²) >= 11 is 6.27. The molecule has 1 N–H and O–H groups in total. The van der Waals surface area contributed by atoms with E-state index in [0.717, 1.165) is 35.8 Å². The largest absolute Gasteiger partial charge is 0.308 e. The quantitative estimate of drug-likeness (QED) is 0.933. The summed E-state index contributed by atoms with van der Waals surface area (Å²) in [5.41, 5.74) is 4.89. The van der Waals surface area contributed by atoms with Gasteiger partial charge in [0.15, 0.2) is 0 Å². The second kappa shape index (κ2) is 4.99. The van der Waals surface area contributed by atoms with E-state index in [-0.39, 0.29) is 0 Å². The minimum atomic E-state index is 0.503. The lowest BCUT2D eigenvalue weighted by Crippen LogP contribution is -2.29. The Morgan fingerprint density at radius 2 is 1.95 bits per heavy atom. The van der Waals surface area contributed by atoms with Gasteiger partial charge < -0.3 is 5.32 Å². The third kappa shape index (κ3) is 2.40. The van der Waals surface area contributed by atoms with Gasteiger partial charge in [-0.05, 0) is 30.9 Å². The molecule has 100 valence electrons. The molecule has 0 saturated heterocycles. The zero-order chi connectivity index (χ0) is 13.4. The molecule has 0 radical (unpaired) electrons. The van der Waals surface area contributed by atoms with E-state index in [1.54, 1.807) is 0 Å². The predicted octanol–water partition coefficient (Wildman–Crippen LogP) is 2.64. The van der Waals surface area contributed by atoms with Crippen LogP contribution in [-0.2, 0) is 26.4 Å². The van der Waals surface area contributed by atoms with Crippen LogP contribution in [0, 0.1) is 6.92 Å². The van der Waals surface area contributed by atoms with Crippen LogP contribution in [0.15, 0.2) is 24.3 Å². The average Bonchev–Trinajstić information content (AvgIpc) is 2.90. The molecule has 0 unspecified atom stereocenters. The molecule has 0 spiro atoms. The van der Waals surface area contributed by atoms with Gasteiger partial charge >= 0.3 is 0 Å². The van der Waals surface area contributed by atoms with Gasteiger partial charge in [-0.1, -0.05) is 35.9 Å². The molecule has 1 aliphatic carbocycles. The van der Waals surface area contributed by atoms with Crippen molar-refractivity contribution in [3.8, 4) is 0 Å². The Morgan fingerprint density at radius 1 is 1.32 bits per heavy atom. The summed E-state index contributed by atoms with van der Waals surface area (Å²) in [4.78, 5) is 0. The molecule has 1 aliphatic rings. The van der Waals surface area contributed by atoms with Gasteiger partial charge in [0.2, 0.25) is 0 Å². The maximum Gasteiger partial charge on any atom is 0.0860 e. The van der Waals surface area contributed by atoms with E-state index >= 15 is 0 Å². The molecule has 3 rings (SSSR count). The summed E-state index contributed by atoms with van der Waals surface area (Å²) in [5.74, 6) is 0. The minimum absolute atomic E-state index is 0.503. The first-order valence-electron chi connectivity index (χ1n) is 6.63. The molecular weight excluding hydrogens is 258 g/mol. The number of halogens is 1. The standard InChI is InChI=1S/C15H18ClN3/c1-10-15(16)14(19(2)18-10)9-17-13-7-11-5-3-4-6-12(11)8-13/h3-6,13,17H,7-9H2,1-2H3. The number of nitrogens with one attached hydrogen (secondary N) is 1. The van der Waals surface area contributed by atoms with Gasteiger partial charge in [-0.3, -0.25) is 4.68 Å². The van der Waals surface area contributed by atoms with Crippen LogP contribution in [0.1, 0.15) is 22.5 Å². The Balaban J connectivity index is 1.66. The number of aryl methyl sites for hydroxylation is 2. The molecule has 2 aromatic rings. The van der Waals surface area contributed by atoms with Gasteiger partial charge in [-0.2, -0.15) is 5.10 Å². The number of benzene rings is 1. The fourth-order valence-corrected chi connectivity index (χ4v) is 3.04. The molecule has 1 aromatic heterocycles. The highest BCUT2D eigenvalue weighted by Gasteiger charge is 2.21. The van der Waals surface area contributed by atoms with Crippen molar-refractivity contribution in [2.45, 2.75) is 32.4 Å². The highest BCUT2D eigenvalue weighted by Crippen LogP contribution is 2.23. The Bertz CT molecular complexity index is 578. The molecule has 0 saturated carbocycles. The molecular formula is C15H18ClN3. The van der Waals surface area contributed by atoms with Crippen molar-refractivity contribution in [1.29, 1.82) is 0 Å². The lowest BCUT2D eigenvalue weighted by atomic mass is 10.1. The monoisotopic (exact) mass is 275 g/mol. The zero-order valence-corrected chi connectivity index (χ0v) is 12.0. The fraction of sp³-hybridized carbons (Fsp3) is 0.400. The SMILES string of the molecule is Cc1nn(C)c(CNC2Cc3ccccc3C2)c1Cl. The lowest BCUT2D eigenvalue weighted by Gasteiger charge is -2.12. The van der Waals surface area contributed by atoms with Crippen LogP contribution in [0.25, 0.3) is 0 Å². The summed E-state index contributed by atoms with van der Waals surface area (Å²) in [7, 11) is 1.94. The van der Waals surface area contributed by atoms with Crippen LogP contribution in [0.4, 0.5) is 0 Å². The maximum atomic E-state index is 6.27. The average molecular weight is 276 g/mol. The molecule has 1 heterocycles.